The summed E-state index contributed by atoms with van der Waals surface area (Å²) in [5, 5.41) is 0. The summed E-state index contributed by atoms with van der Waals surface area (Å²) < 4.78 is 10.5. The summed E-state index contributed by atoms with van der Waals surface area (Å²) in [6, 6.07) is 0. The number of rotatable bonds is 0. The molecule has 0 amide bonds. The van der Waals surface area contributed by atoms with Crippen molar-refractivity contribution >= 4 is 0 Å². The van der Waals surface area contributed by atoms with Crippen molar-refractivity contribution in [1.82, 2.24) is 0 Å². The van der Waals surface area contributed by atoms with E-state index in [1.807, 2.05) is 0 Å². The molecular formula is C7H10O2. The standard InChI is InChI=1S/C7H10O2/c1-2-4-7-6(3-1)8-5-9-7/h3,7H,1-2,4-5H2. The van der Waals surface area contributed by atoms with E-state index in [4.69, 9.17) is 9.47 Å². The molecule has 2 heteroatoms. The van der Waals surface area contributed by atoms with Gasteiger partial charge in [-0.2, -0.15) is 0 Å². The van der Waals surface area contributed by atoms with Crippen molar-refractivity contribution in [2.24, 2.45) is 0 Å². The van der Waals surface area contributed by atoms with Crippen LogP contribution in [-0.4, -0.2) is 12.9 Å². The Hall–Kier alpha value is -0.500. The predicted octanol–water partition coefficient (Wildman–Crippen LogP) is 1.43. The lowest BCUT2D eigenvalue weighted by Crippen LogP contribution is -2.10. The quantitative estimate of drug-likeness (QED) is 0.488. The molecule has 1 heterocycles. The third kappa shape index (κ3) is 0.833. The Balaban J connectivity index is 2.16. The highest BCUT2D eigenvalue weighted by molar-refractivity contribution is 5.05. The minimum absolute atomic E-state index is 0.304. The molecule has 0 spiro atoms. The van der Waals surface area contributed by atoms with Crippen LogP contribution in [0.1, 0.15) is 19.3 Å². The highest BCUT2D eigenvalue weighted by Crippen LogP contribution is 2.26. The van der Waals surface area contributed by atoms with Crippen LogP contribution in [0.25, 0.3) is 0 Å². The highest BCUT2D eigenvalue weighted by Gasteiger charge is 2.24. The second kappa shape index (κ2) is 2.03. The topological polar surface area (TPSA) is 18.5 Å². The van der Waals surface area contributed by atoms with Crippen molar-refractivity contribution in [2.75, 3.05) is 6.79 Å². The molecule has 1 atom stereocenters. The largest absolute Gasteiger partial charge is 0.469 e. The average Bonchev–Trinajstić information content (AvgIpc) is 2.33. The van der Waals surface area contributed by atoms with Crippen LogP contribution in [0.3, 0.4) is 0 Å². The zero-order chi connectivity index (χ0) is 6.10. The zero-order valence-electron chi connectivity index (χ0n) is 5.30. The fourth-order valence-corrected chi connectivity index (χ4v) is 1.32. The molecule has 2 nitrogen and oxygen atoms in total. The van der Waals surface area contributed by atoms with Crippen LogP contribution >= 0.6 is 0 Å². The van der Waals surface area contributed by atoms with E-state index in [-0.39, 0.29) is 0 Å². The summed E-state index contributed by atoms with van der Waals surface area (Å²) in [6.07, 6.45) is 6.00. The molecule has 0 radical (unpaired) electrons. The van der Waals surface area contributed by atoms with E-state index in [1.54, 1.807) is 0 Å². The van der Waals surface area contributed by atoms with Crippen molar-refractivity contribution in [3.05, 3.63) is 11.8 Å². The van der Waals surface area contributed by atoms with E-state index in [0.717, 1.165) is 18.6 Å². The summed E-state index contributed by atoms with van der Waals surface area (Å²) in [5.74, 6) is 1.07. The molecule has 50 valence electrons. The van der Waals surface area contributed by atoms with Gasteiger partial charge in [-0.1, -0.05) is 0 Å². The van der Waals surface area contributed by atoms with E-state index >= 15 is 0 Å². The maximum Gasteiger partial charge on any atom is 0.189 e. The smallest absolute Gasteiger partial charge is 0.189 e. The fraction of sp³-hybridized carbons (Fsp3) is 0.714. The van der Waals surface area contributed by atoms with Gasteiger partial charge < -0.3 is 9.47 Å². The van der Waals surface area contributed by atoms with Gasteiger partial charge in [0.15, 0.2) is 6.79 Å². The van der Waals surface area contributed by atoms with Gasteiger partial charge in [0.1, 0.15) is 11.9 Å². The van der Waals surface area contributed by atoms with Crippen molar-refractivity contribution in [3.63, 3.8) is 0 Å². The van der Waals surface area contributed by atoms with Crippen molar-refractivity contribution in [1.29, 1.82) is 0 Å². The second-order valence-electron chi connectivity index (χ2n) is 2.45. The van der Waals surface area contributed by atoms with Crippen LogP contribution in [-0.2, 0) is 9.47 Å². The first-order valence-corrected chi connectivity index (χ1v) is 3.41. The molecule has 0 bridgehead atoms. The molecule has 2 rings (SSSR count). The highest BCUT2D eigenvalue weighted by atomic mass is 16.7. The molecule has 1 aliphatic heterocycles. The second-order valence-corrected chi connectivity index (χ2v) is 2.45. The lowest BCUT2D eigenvalue weighted by Gasteiger charge is -2.11. The molecule has 1 aliphatic carbocycles. The molecule has 1 unspecified atom stereocenters. The van der Waals surface area contributed by atoms with E-state index < -0.39 is 0 Å². The van der Waals surface area contributed by atoms with Crippen LogP contribution in [0.4, 0.5) is 0 Å². The molecule has 0 saturated carbocycles. The van der Waals surface area contributed by atoms with Gasteiger partial charge in [-0.25, -0.2) is 0 Å². The lowest BCUT2D eigenvalue weighted by molar-refractivity contribution is 0.0472. The average molecular weight is 126 g/mol. The maximum atomic E-state index is 5.27. The van der Waals surface area contributed by atoms with Gasteiger partial charge in [0, 0.05) is 0 Å². The van der Waals surface area contributed by atoms with Crippen LogP contribution in [0.5, 0.6) is 0 Å². The molecule has 9 heavy (non-hydrogen) atoms. The first-order chi connectivity index (χ1) is 4.47. The van der Waals surface area contributed by atoms with Crippen molar-refractivity contribution in [3.8, 4) is 0 Å². The van der Waals surface area contributed by atoms with Crippen LogP contribution in [0.15, 0.2) is 11.8 Å². The summed E-state index contributed by atoms with van der Waals surface area (Å²) in [7, 11) is 0. The zero-order valence-corrected chi connectivity index (χ0v) is 5.30. The molecule has 1 saturated heterocycles. The van der Waals surface area contributed by atoms with E-state index in [0.29, 0.717) is 12.9 Å². The maximum absolute atomic E-state index is 5.27. The molecule has 2 aliphatic rings. The van der Waals surface area contributed by atoms with Gasteiger partial charge in [0.25, 0.3) is 0 Å². The molecule has 0 aromatic rings. The predicted molar refractivity (Wildman–Crippen MR) is 32.8 cm³/mol. The number of hydrogen-bond donors (Lipinski definition) is 0. The fourth-order valence-electron chi connectivity index (χ4n) is 1.32. The Labute approximate surface area is 54.5 Å². The van der Waals surface area contributed by atoms with Crippen LogP contribution < -0.4 is 0 Å². The third-order valence-electron chi connectivity index (χ3n) is 1.83. The number of hydrogen-bond acceptors (Lipinski definition) is 2. The minimum Gasteiger partial charge on any atom is -0.469 e. The first-order valence-electron chi connectivity index (χ1n) is 3.41. The van der Waals surface area contributed by atoms with Crippen molar-refractivity contribution < 1.29 is 9.47 Å². The summed E-state index contributed by atoms with van der Waals surface area (Å²) in [4.78, 5) is 0. The Morgan fingerprint density at radius 1 is 1.56 bits per heavy atom. The number of fused-ring (bicyclic) bond motifs is 1. The van der Waals surface area contributed by atoms with E-state index in [1.165, 1.54) is 6.42 Å². The molecule has 0 aromatic carbocycles. The lowest BCUT2D eigenvalue weighted by atomic mass is 10.0. The van der Waals surface area contributed by atoms with E-state index in [9.17, 15) is 0 Å². The van der Waals surface area contributed by atoms with E-state index in [2.05, 4.69) is 6.08 Å². The number of allylic oxidation sites excluding steroid dienone is 1. The van der Waals surface area contributed by atoms with Gasteiger partial charge in [-0.05, 0) is 25.3 Å². The first kappa shape index (κ1) is 5.30. The Kier molecular flexibility index (Phi) is 1.19. The molecule has 1 fully saturated rings. The summed E-state index contributed by atoms with van der Waals surface area (Å²) >= 11 is 0. The monoisotopic (exact) mass is 126 g/mol. The summed E-state index contributed by atoms with van der Waals surface area (Å²) in [6.45, 7) is 0.469. The van der Waals surface area contributed by atoms with Gasteiger partial charge >= 0.3 is 0 Å². The van der Waals surface area contributed by atoms with Crippen LogP contribution in [0, 0.1) is 0 Å². The van der Waals surface area contributed by atoms with Gasteiger partial charge in [-0.15, -0.1) is 0 Å². The van der Waals surface area contributed by atoms with Crippen LogP contribution in [0.2, 0.25) is 0 Å². The number of ether oxygens (including phenoxy) is 2. The molecule has 0 aromatic heterocycles. The third-order valence-corrected chi connectivity index (χ3v) is 1.83. The summed E-state index contributed by atoms with van der Waals surface area (Å²) in [5.41, 5.74) is 0. The van der Waals surface area contributed by atoms with Gasteiger partial charge in [0.05, 0.1) is 0 Å². The molecule has 0 N–H and O–H groups in total. The minimum atomic E-state index is 0.304. The van der Waals surface area contributed by atoms with Gasteiger partial charge in [-0.3, -0.25) is 0 Å². The van der Waals surface area contributed by atoms with Gasteiger partial charge in [0.2, 0.25) is 0 Å². The Morgan fingerprint density at radius 2 is 2.56 bits per heavy atom. The molecular weight excluding hydrogens is 116 g/mol. The van der Waals surface area contributed by atoms with Crippen molar-refractivity contribution in [2.45, 2.75) is 25.4 Å². The normalized spacial score (nSPS) is 32.9. The SMILES string of the molecule is C1=C2OCOC2CCC1. The Bertz CT molecular complexity index is 140. The Morgan fingerprint density at radius 3 is 3.44 bits per heavy atom.